The first kappa shape index (κ1) is 16.4. The minimum Gasteiger partial charge on any atom is -0.288 e. The number of allylic oxidation sites excluding steroid dienone is 3. The van der Waals surface area contributed by atoms with Crippen molar-refractivity contribution >= 4 is 23.2 Å². The van der Waals surface area contributed by atoms with Crippen LogP contribution in [-0.2, 0) is 0 Å². The fourth-order valence-electron chi connectivity index (χ4n) is 2.23. The van der Waals surface area contributed by atoms with Gasteiger partial charge in [0.05, 0.1) is 4.88 Å². The lowest BCUT2D eigenvalue weighted by molar-refractivity contribution is 0.105. The molecule has 0 unspecified atom stereocenters. The van der Waals surface area contributed by atoms with Crippen LogP contribution in [0.2, 0.25) is 0 Å². The lowest BCUT2D eigenvalue weighted by Gasteiger charge is -2.03. The summed E-state index contributed by atoms with van der Waals surface area (Å²) >= 11 is 1.49. The van der Waals surface area contributed by atoms with Crippen LogP contribution in [0.4, 0.5) is 0 Å². The molecule has 2 rings (SSSR count). The zero-order valence-corrected chi connectivity index (χ0v) is 13.8. The Morgan fingerprint density at radius 2 is 1.86 bits per heavy atom. The average molecular weight is 310 g/mol. The highest BCUT2D eigenvalue weighted by Crippen LogP contribution is 2.16. The smallest absolute Gasteiger partial charge is 0.195 e. The largest absolute Gasteiger partial charge is 0.288 e. The van der Waals surface area contributed by atoms with Gasteiger partial charge in [0.1, 0.15) is 0 Å². The van der Waals surface area contributed by atoms with Gasteiger partial charge in [0.2, 0.25) is 0 Å². The maximum atomic E-state index is 12.1. The molecule has 0 fully saturated rings. The molecule has 0 amide bonds. The molecule has 0 aliphatic rings. The van der Waals surface area contributed by atoms with Crippen molar-refractivity contribution < 1.29 is 4.79 Å². The zero-order chi connectivity index (χ0) is 15.6. The summed E-state index contributed by atoms with van der Waals surface area (Å²) in [6, 6.07) is 14.1. The molecule has 0 saturated heterocycles. The number of hydrogen-bond donors (Lipinski definition) is 0. The molecule has 2 heteroatoms. The first-order chi connectivity index (χ1) is 10.8. The molecule has 0 bridgehead atoms. The molecule has 1 heterocycles. The van der Waals surface area contributed by atoms with Gasteiger partial charge in [0, 0.05) is 0 Å². The Morgan fingerprint density at radius 1 is 1.05 bits per heavy atom. The number of carbonyl (C=O) groups excluding carboxylic acids is 1. The van der Waals surface area contributed by atoms with Crippen LogP contribution in [0.15, 0.2) is 65.6 Å². The van der Waals surface area contributed by atoms with Crippen LogP contribution in [0.3, 0.4) is 0 Å². The summed E-state index contributed by atoms with van der Waals surface area (Å²) in [5, 5.41) is 1.93. The van der Waals surface area contributed by atoms with Crippen molar-refractivity contribution in [2.24, 2.45) is 0 Å². The van der Waals surface area contributed by atoms with Gasteiger partial charge in [-0.05, 0) is 41.5 Å². The van der Waals surface area contributed by atoms with E-state index >= 15 is 0 Å². The number of thiophene rings is 1. The number of rotatable bonds is 8. The van der Waals surface area contributed by atoms with E-state index in [9.17, 15) is 4.79 Å². The van der Waals surface area contributed by atoms with Crippen molar-refractivity contribution in [3.8, 4) is 0 Å². The van der Waals surface area contributed by atoms with Crippen LogP contribution < -0.4 is 0 Å². The van der Waals surface area contributed by atoms with E-state index in [1.165, 1.54) is 35.3 Å². The van der Waals surface area contributed by atoms with Gasteiger partial charge in [-0.3, -0.25) is 4.79 Å². The Balaban J connectivity index is 2.10. The van der Waals surface area contributed by atoms with E-state index in [4.69, 9.17) is 0 Å². The van der Waals surface area contributed by atoms with Crippen LogP contribution in [0.5, 0.6) is 0 Å². The topological polar surface area (TPSA) is 17.1 Å². The van der Waals surface area contributed by atoms with Crippen LogP contribution in [0.1, 0.15) is 47.8 Å². The molecule has 0 aliphatic carbocycles. The second kappa shape index (κ2) is 9.16. The normalized spacial score (nSPS) is 12.0. The van der Waals surface area contributed by atoms with Gasteiger partial charge in [-0.2, -0.15) is 0 Å². The molecule has 114 valence electrons. The van der Waals surface area contributed by atoms with E-state index in [1.807, 2.05) is 41.8 Å². The zero-order valence-electron chi connectivity index (χ0n) is 13.0. The van der Waals surface area contributed by atoms with Gasteiger partial charge in [-0.1, -0.05) is 68.3 Å². The highest BCUT2D eigenvalue weighted by atomic mass is 32.1. The standard InChI is InChI=1S/C20H22OS/c1-2-3-5-9-18(16-17-10-6-4-7-11-17)13-14-19(21)20-12-8-15-22-20/h4,6-8,10-16H,2-3,5,9H2,1H3/b14-13+,18-16-. The van der Waals surface area contributed by atoms with Crippen LogP contribution in [0.25, 0.3) is 6.08 Å². The van der Waals surface area contributed by atoms with E-state index < -0.39 is 0 Å². The van der Waals surface area contributed by atoms with Gasteiger partial charge < -0.3 is 0 Å². The summed E-state index contributed by atoms with van der Waals surface area (Å²) in [6.45, 7) is 2.21. The molecular formula is C20H22OS. The van der Waals surface area contributed by atoms with E-state index in [1.54, 1.807) is 6.08 Å². The molecule has 2 aromatic rings. The van der Waals surface area contributed by atoms with E-state index in [2.05, 4.69) is 25.1 Å². The molecule has 0 N–H and O–H groups in total. The molecule has 22 heavy (non-hydrogen) atoms. The number of benzene rings is 1. The third kappa shape index (κ3) is 5.45. The van der Waals surface area contributed by atoms with Crippen molar-refractivity contribution in [1.82, 2.24) is 0 Å². The molecule has 0 atom stereocenters. The second-order valence-corrected chi connectivity index (χ2v) is 6.21. The fourth-order valence-corrected chi connectivity index (χ4v) is 2.87. The lowest BCUT2D eigenvalue weighted by Crippen LogP contribution is -1.90. The van der Waals surface area contributed by atoms with Crippen LogP contribution in [-0.4, -0.2) is 5.78 Å². The Hall–Kier alpha value is -1.93. The Morgan fingerprint density at radius 3 is 2.55 bits per heavy atom. The summed E-state index contributed by atoms with van der Waals surface area (Å²) in [5.41, 5.74) is 2.40. The van der Waals surface area contributed by atoms with Crippen LogP contribution >= 0.6 is 11.3 Å². The summed E-state index contributed by atoms with van der Waals surface area (Å²) in [4.78, 5) is 12.9. The molecule has 1 aromatic heterocycles. The summed E-state index contributed by atoms with van der Waals surface area (Å²) in [7, 11) is 0. The van der Waals surface area contributed by atoms with E-state index in [0.717, 1.165) is 17.7 Å². The van der Waals surface area contributed by atoms with Crippen molar-refractivity contribution in [2.45, 2.75) is 32.6 Å². The lowest BCUT2D eigenvalue weighted by atomic mass is 10.0. The van der Waals surface area contributed by atoms with Gasteiger partial charge in [0.25, 0.3) is 0 Å². The van der Waals surface area contributed by atoms with E-state index in [0.29, 0.717) is 0 Å². The minimum atomic E-state index is 0.0875. The predicted octanol–water partition coefficient (Wildman–Crippen LogP) is 6.15. The fraction of sp³-hybridized carbons (Fsp3) is 0.250. The van der Waals surface area contributed by atoms with Crippen LogP contribution in [0, 0.1) is 0 Å². The monoisotopic (exact) mass is 310 g/mol. The minimum absolute atomic E-state index is 0.0875. The first-order valence-corrected chi connectivity index (χ1v) is 8.69. The summed E-state index contributed by atoms with van der Waals surface area (Å²) in [6.07, 6.45) is 10.4. The molecule has 1 aromatic carbocycles. The predicted molar refractivity (Wildman–Crippen MR) is 96.4 cm³/mol. The molecule has 0 radical (unpaired) electrons. The first-order valence-electron chi connectivity index (χ1n) is 7.81. The van der Waals surface area contributed by atoms with Gasteiger partial charge in [-0.15, -0.1) is 11.3 Å². The van der Waals surface area contributed by atoms with Crippen molar-refractivity contribution in [1.29, 1.82) is 0 Å². The second-order valence-electron chi connectivity index (χ2n) is 5.26. The molecule has 0 saturated carbocycles. The molecular weight excluding hydrogens is 288 g/mol. The number of unbranched alkanes of at least 4 members (excludes halogenated alkanes) is 2. The Kier molecular flexibility index (Phi) is 6.85. The Bertz CT molecular complexity index is 621. The highest BCUT2D eigenvalue weighted by Gasteiger charge is 2.02. The third-order valence-electron chi connectivity index (χ3n) is 3.43. The Labute approximate surface area is 137 Å². The molecule has 0 aliphatic heterocycles. The maximum Gasteiger partial charge on any atom is 0.195 e. The summed E-state index contributed by atoms with van der Waals surface area (Å²) in [5.74, 6) is 0.0875. The third-order valence-corrected chi connectivity index (χ3v) is 4.32. The van der Waals surface area contributed by atoms with Gasteiger partial charge >= 0.3 is 0 Å². The average Bonchev–Trinajstić information content (AvgIpc) is 3.08. The maximum absolute atomic E-state index is 12.1. The van der Waals surface area contributed by atoms with Crippen molar-refractivity contribution in [3.05, 3.63) is 76.0 Å². The summed E-state index contributed by atoms with van der Waals surface area (Å²) < 4.78 is 0. The van der Waals surface area contributed by atoms with E-state index in [-0.39, 0.29) is 5.78 Å². The molecule has 1 nitrogen and oxygen atoms in total. The number of carbonyl (C=O) groups is 1. The highest BCUT2D eigenvalue weighted by molar-refractivity contribution is 7.12. The van der Waals surface area contributed by atoms with Gasteiger partial charge in [0.15, 0.2) is 5.78 Å². The number of hydrogen-bond acceptors (Lipinski definition) is 2. The quantitative estimate of drug-likeness (QED) is 0.247. The molecule has 0 spiro atoms. The van der Waals surface area contributed by atoms with Gasteiger partial charge in [-0.25, -0.2) is 0 Å². The SMILES string of the molecule is CCCCCC(=C/c1ccccc1)/C=C/C(=O)c1cccs1. The number of ketones is 1. The van der Waals surface area contributed by atoms with Crippen molar-refractivity contribution in [3.63, 3.8) is 0 Å². The van der Waals surface area contributed by atoms with Crippen molar-refractivity contribution in [2.75, 3.05) is 0 Å².